The standard InChI is InChI=1S/C31H30ClFN6O/c1-4-39-29-22(14-26(30(39)40)25-9-7-20(15-27(25)32)21-6-5-12-35-17-21)18-36-31(38-29)37-23-8-10-24(28(33)16-23)19(2)11-13-34-3/h5-10,12,14-19,34H,4,11,13H2,1-3H3,(H,36,37,38). The average molecular weight is 557 g/mol. The molecule has 0 saturated heterocycles. The van der Waals surface area contributed by atoms with E-state index in [1.165, 1.54) is 6.07 Å². The van der Waals surface area contributed by atoms with Gasteiger partial charge in [0, 0.05) is 57.9 Å². The van der Waals surface area contributed by atoms with E-state index in [1.807, 2.05) is 57.3 Å². The molecule has 0 radical (unpaired) electrons. The van der Waals surface area contributed by atoms with E-state index in [0.717, 1.165) is 24.1 Å². The number of halogens is 2. The number of fused-ring (bicyclic) bond motifs is 1. The van der Waals surface area contributed by atoms with E-state index in [9.17, 15) is 9.18 Å². The highest BCUT2D eigenvalue weighted by atomic mass is 35.5. The van der Waals surface area contributed by atoms with Crippen molar-refractivity contribution >= 4 is 34.3 Å². The number of hydrogen-bond donors (Lipinski definition) is 2. The Balaban J connectivity index is 1.47. The molecule has 9 heteroatoms. The molecule has 2 N–H and O–H groups in total. The van der Waals surface area contributed by atoms with Crippen molar-refractivity contribution in [1.29, 1.82) is 0 Å². The smallest absolute Gasteiger partial charge is 0.260 e. The van der Waals surface area contributed by atoms with Crippen LogP contribution in [0.5, 0.6) is 0 Å². The molecule has 0 aliphatic rings. The van der Waals surface area contributed by atoms with Crippen LogP contribution in [0.3, 0.4) is 0 Å². The fourth-order valence-corrected chi connectivity index (χ4v) is 5.08. The first-order valence-corrected chi connectivity index (χ1v) is 13.6. The quantitative estimate of drug-likeness (QED) is 0.208. The van der Waals surface area contributed by atoms with Crippen molar-refractivity contribution in [3.8, 4) is 22.3 Å². The van der Waals surface area contributed by atoms with Crippen molar-refractivity contribution in [1.82, 2.24) is 24.8 Å². The minimum Gasteiger partial charge on any atom is -0.324 e. The molecule has 204 valence electrons. The van der Waals surface area contributed by atoms with Crippen LogP contribution in [0.25, 0.3) is 33.3 Å². The number of pyridine rings is 2. The summed E-state index contributed by atoms with van der Waals surface area (Å²) < 4.78 is 16.4. The Morgan fingerprint density at radius 2 is 1.90 bits per heavy atom. The molecule has 0 aliphatic carbocycles. The van der Waals surface area contributed by atoms with Crippen LogP contribution in [0.4, 0.5) is 16.0 Å². The Kier molecular flexibility index (Phi) is 8.19. The van der Waals surface area contributed by atoms with Gasteiger partial charge < -0.3 is 10.6 Å². The van der Waals surface area contributed by atoms with E-state index < -0.39 is 0 Å². The summed E-state index contributed by atoms with van der Waals surface area (Å²) >= 11 is 6.67. The number of nitrogens with one attached hydrogen (secondary N) is 2. The lowest BCUT2D eigenvalue weighted by Gasteiger charge is -2.15. The third-order valence-corrected chi connectivity index (χ3v) is 7.32. The normalized spacial score (nSPS) is 12.0. The molecule has 0 aliphatic heterocycles. The Bertz CT molecular complexity index is 1720. The predicted molar refractivity (Wildman–Crippen MR) is 160 cm³/mol. The molecular formula is C31H30ClFN6O. The number of anilines is 2. The topological polar surface area (TPSA) is 84.7 Å². The summed E-state index contributed by atoms with van der Waals surface area (Å²) in [6, 6.07) is 16.2. The molecule has 7 nitrogen and oxygen atoms in total. The summed E-state index contributed by atoms with van der Waals surface area (Å²) in [7, 11) is 1.88. The van der Waals surface area contributed by atoms with Gasteiger partial charge >= 0.3 is 0 Å². The van der Waals surface area contributed by atoms with Crippen molar-refractivity contribution in [2.75, 3.05) is 18.9 Å². The van der Waals surface area contributed by atoms with E-state index in [0.29, 0.717) is 45.0 Å². The summed E-state index contributed by atoms with van der Waals surface area (Å²) in [5.74, 6) is 0.0821. The first-order valence-electron chi connectivity index (χ1n) is 13.2. The molecule has 0 bridgehead atoms. The van der Waals surface area contributed by atoms with Crippen LogP contribution < -0.4 is 16.2 Å². The number of aryl methyl sites for hydroxylation is 1. The molecule has 0 fully saturated rings. The number of aromatic nitrogens is 4. The van der Waals surface area contributed by atoms with Gasteiger partial charge in [-0.25, -0.2) is 9.37 Å². The highest BCUT2D eigenvalue weighted by molar-refractivity contribution is 6.33. The Labute approximate surface area is 237 Å². The fourth-order valence-electron chi connectivity index (χ4n) is 4.80. The van der Waals surface area contributed by atoms with Crippen LogP contribution in [-0.4, -0.2) is 33.1 Å². The third-order valence-electron chi connectivity index (χ3n) is 7.01. The largest absolute Gasteiger partial charge is 0.324 e. The van der Waals surface area contributed by atoms with Gasteiger partial charge in [0.15, 0.2) is 0 Å². The van der Waals surface area contributed by atoms with Crippen LogP contribution in [0.1, 0.15) is 31.7 Å². The van der Waals surface area contributed by atoms with Gasteiger partial charge in [-0.3, -0.25) is 14.3 Å². The van der Waals surface area contributed by atoms with Gasteiger partial charge in [0.2, 0.25) is 5.95 Å². The van der Waals surface area contributed by atoms with Crippen LogP contribution in [0, 0.1) is 5.82 Å². The Morgan fingerprint density at radius 1 is 1.05 bits per heavy atom. The van der Waals surface area contributed by atoms with E-state index in [-0.39, 0.29) is 23.2 Å². The molecule has 3 aromatic heterocycles. The predicted octanol–water partition coefficient (Wildman–Crippen LogP) is 6.79. The van der Waals surface area contributed by atoms with E-state index in [1.54, 1.807) is 35.3 Å². The maximum absolute atomic E-state index is 14.9. The fraction of sp³-hybridized carbons (Fsp3) is 0.226. The first-order chi connectivity index (χ1) is 19.4. The maximum atomic E-state index is 14.9. The van der Waals surface area contributed by atoms with Gasteiger partial charge in [0.1, 0.15) is 11.5 Å². The zero-order chi connectivity index (χ0) is 28.2. The highest BCUT2D eigenvalue weighted by Crippen LogP contribution is 2.32. The van der Waals surface area contributed by atoms with Gasteiger partial charge in [-0.1, -0.05) is 42.8 Å². The minimum atomic E-state index is -0.282. The lowest BCUT2D eigenvalue weighted by molar-refractivity contribution is 0.566. The van der Waals surface area contributed by atoms with Crippen LogP contribution in [0.2, 0.25) is 5.02 Å². The number of rotatable bonds is 9. The van der Waals surface area contributed by atoms with Crippen molar-refractivity contribution in [3.05, 3.63) is 99.9 Å². The second-order valence-electron chi connectivity index (χ2n) is 9.67. The number of benzene rings is 2. The van der Waals surface area contributed by atoms with Crippen molar-refractivity contribution in [3.63, 3.8) is 0 Å². The van der Waals surface area contributed by atoms with E-state index in [4.69, 9.17) is 11.6 Å². The lowest BCUT2D eigenvalue weighted by Crippen LogP contribution is -2.22. The third kappa shape index (κ3) is 5.59. The summed E-state index contributed by atoms with van der Waals surface area (Å²) in [6.07, 6.45) is 5.97. The van der Waals surface area contributed by atoms with Gasteiger partial charge in [-0.15, -0.1) is 0 Å². The van der Waals surface area contributed by atoms with E-state index in [2.05, 4.69) is 25.6 Å². The molecule has 40 heavy (non-hydrogen) atoms. The van der Waals surface area contributed by atoms with Gasteiger partial charge in [0.25, 0.3) is 5.56 Å². The van der Waals surface area contributed by atoms with Crippen LogP contribution >= 0.6 is 11.6 Å². The van der Waals surface area contributed by atoms with Gasteiger partial charge in [-0.05, 0) is 74.3 Å². The summed E-state index contributed by atoms with van der Waals surface area (Å²) in [4.78, 5) is 26.8. The summed E-state index contributed by atoms with van der Waals surface area (Å²) in [5.41, 5.74) is 4.41. The van der Waals surface area contributed by atoms with Crippen molar-refractivity contribution in [2.24, 2.45) is 0 Å². The second kappa shape index (κ2) is 11.9. The Hall–Kier alpha value is -4.14. The molecule has 0 spiro atoms. The van der Waals surface area contributed by atoms with Crippen molar-refractivity contribution < 1.29 is 4.39 Å². The minimum absolute atomic E-state index is 0.0895. The maximum Gasteiger partial charge on any atom is 0.260 e. The summed E-state index contributed by atoms with van der Waals surface area (Å²) in [5, 5.41) is 7.33. The number of nitrogens with zero attached hydrogens (tertiary/aromatic N) is 4. The zero-order valence-corrected chi connectivity index (χ0v) is 23.3. The highest BCUT2D eigenvalue weighted by Gasteiger charge is 2.16. The molecular weight excluding hydrogens is 527 g/mol. The Morgan fingerprint density at radius 3 is 2.60 bits per heavy atom. The molecule has 5 rings (SSSR count). The number of hydrogen-bond acceptors (Lipinski definition) is 6. The monoisotopic (exact) mass is 556 g/mol. The molecule has 1 atom stereocenters. The van der Waals surface area contributed by atoms with Gasteiger partial charge in [0.05, 0.1) is 0 Å². The van der Waals surface area contributed by atoms with Crippen molar-refractivity contribution in [2.45, 2.75) is 32.7 Å². The first kappa shape index (κ1) is 27.4. The van der Waals surface area contributed by atoms with Crippen LogP contribution in [-0.2, 0) is 6.54 Å². The SMILES string of the molecule is CCn1c(=O)c(-c2ccc(-c3cccnc3)cc2Cl)cc2cnc(Nc3ccc(C(C)CCNC)c(F)c3)nc21. The average Bonchev–Trinajstić information content (AvgIpc) is 2.96. The molecule has 0 amide bonds. The lowest BCUT2D eigenvalue weighted by atomic mass is 9.97. The molecule has 1 unspecified atom stereocenters. The van der Waals surface area contributed by atoms with Crippen LogP contribution in [0.15, 0.2) is 78.0 Å². The van der Waals surface area contributed by atoms with Gasteiger partial charge in [-0.2, -0.15) is 4.98 Å². The summed E-state index contributed by atoms with van der Waals surface area (Å²) in [6.45, 7) is 5.11. The molecule has 5 aromatic rings. The molecule has 3 heterocycles. The molecule has 2 aromatic carbocycles. The van der Waals surface area contributed by atoms with E-state index >= 15 is 0 Å². The molecule has 0 saturated carbocycles. The zero-order valence-electron chi connectivity index (χ0n) is 22.6. The second-order valence-corrected chi connectivity index (χ2v) is 10.1.